The predicted octanol–water partition coefficient (Wildman–Crippen LogP) is 2.82. The lowest BCUT2D eigenvalue weighted by atomic mass is 10.1. The summed E-state index contributed by atoms with van der Waals surface area (Å²) >= 11 is 0. The molecule has 0 spiro atoms. The number of non-ortho nitro benzene ring substituents is 1. The maximum Gasteiger partial charge on any atom is 0.269 e. The van der Waals surface area contributed by atoms with Crippen LogP contribution in [-0.2, 0) is 17.8 Å². The largest absolute Gasteiger partial charge is 0.383 e. The van der Waals surface area contributed by atoms with Crippen LogP contribution in [0.2, 0.25) is 0 Å². The molecule has 2 aromatic rings. The second-order valence-corrected chi connectivity index (χ2v) is 6.42. The number of nitro benzene ring substituents is 1. The number of nitrogens with one attached hydrogen (secondary N) is 2. The van der Waals surface area contributed by atoms with Gasteiger partial charge in [0, 0.05) is 37.5 Å². The van der Waals surface area contributed by atoms with Gasteiger partial charge in [-0.1, -0.05) is 31.2 Å². The van der Waals surface area contributed by atoms with Crippen molar-refractivity contribution < 1.29 is 9.72 Å². The summed E-state index contributed by atoms with van der Waals surface area (Å²) < 4.78 is 0. The van der Waals surface area contributed by atoms with E-state index in [1.807, 2.05) is 11.9 Å². The number of hydrogen-bond acceptors (Lipinski definition) is 5. The van der Waals surface area contributed by atoms with Crippen molar-refractivity contribution in [3.8, 4) is 0 Å². The van der Waals surface area contributed by atoms with Gasteiger partial charge in [-0.15, -0.1) is 0 Å². The van der Waals surface area contributed by atoms with Crippen LogP contribution in [0.1, 0.15) is 18.1 Å². The Morgan fingerprint density at radius 1 is 1.04 bits per heavy atom. The third-order valence-corrected chi connectivity index (χ3v) is 4.15. The third kappa shape index (κ3) is 7.07. The summed E-state index contributed by atoms with van der Waals surface area (Å²) in [6, 6.07) is 14.6. The number of amides is 1. The second kappa shape index (κ2) is 10.3. The Balaban J connectivity index is 1.65. The standard InChI is InChI=1S/C20H26N4O3/c1-3-16-4-6-17(7-5-16)14-23(2)15-20(25)22-13-12-21-18-8-10-19(11-9-18)24(26)27/h4-11,21H,3,12-15H2,1-2H3,(H,22,25). The molecule has 0 aliphatic rings. The quantitative estimate of drug-likeness (QED) is 0.381. The smallest absolute Gasteiger partial charge is 0.269 e. The van der Waals surface area contributed by atoms with E-state index in [9.17, 15) is 14.9 Å². The number of nitro groups is 1. The molecule has 7 heteroatoms. The van der Waals surface area contributed by atoms with Crippen molar-refractivity contribution in [1.29, 1.82) is 0 Å². The molecule has 0 aliphatic heterocycles. The van der Waals surface area contributed by atoms with E-state index in [4.69, 9.17) is 0 Å². The van der Waals surface area contributed by atoms with Crippen molar-refractivity contribution in [1.82, 2.24) is 10.2 Å². The van der Waals surface area contributed by atoms with E-state index >= 15 is 0 Å². The van der Waals surface area contributed by atoms with E-state index in [-0.39, 0.29) is 11.6 Å². The summed E-state index contributed by atoms with van der Waals surface area (Å²) in [6.07, 6.45) is 1.02. The molecule has 0 saturated carbocycles. The molecule has 144 valence electrons. The average molecular weight is 370 g/mol. The molecule has 0 fully saturated rings. The van der Waals surface area contributed by atoms with Gasteiger partial charge >= 0.3 is 0 Å². The maximum absolute atomic E-state index is 12.0. The molecule has 0 atom stereocenters. The Kier molecular flexibility index (Phi) is 7.76. The monoisotopic (exact) mass is 370 g/mol. The number of anilines is 1. The molecule has 27 heavy (non-hydrogen) atoms. The Hall–Kier alpha value is -2.93. The number of likely N-dealkylation sites (N-methyl/N-ethyl adjacent to an activating group) is 1. The molecule has 2 aromatic carbocycles. The fraction of sp³-hybridized carbons (Fsp3) is 0.350. The zero-order valence-electron chi connectivity index (χ0n) is 15.8. The van der Waals surface area contributed by atoms with Crippen LogP contribution in [0, 0.1) is 10.1 Å². The van der Waals surface area contributed by atoms with E-state index < -0.39 is 4.92 Å². The molecule has 2 N–H and O–H groups in total. The van der Waals surface area contributed by atoms with Gasteiger partial charge in [-0.2, -0.15) is 0 Å². The molecule has 0 aliphatic carbocycles. The third-order valence-electron chi connectivity index (χ3n) is 4.15. The highest BCUT2D eigenvalue weighted by Gasteiger charge is 2.07. The highest BCUT2D eigenvalue weighted by Crippen LogP contribution is 2.14. The lowest BCUT2D eigenvalue weighted by Gasteiger charge is -2.17. The predicted molar refractivity (Wildman–Crippen MR) is 107 cm³/mol. The van der Waals surface area contributed by atoms with Crippen molar-refractivity contribution in [2.75, 3.05) is 32.0 Å². The molecule has 0 unspecified atom stereocenters. The van der Waals surface area contributed by atoms with Crippen molar-refractivity contribution in [2.45, 2.75) is 19.9 Å². The molecule has 2 rings (SSSR count). The Bertz CT molecular complexity index is 745. The summed E-state index contributed by atoms with van der Waals surface area (Å²) in [6.45, 7) is 4.20. The number of hydrogen-bond donors (Lipinski definition) is 2. The molecular formula is C20H26N4O3. The minimum absolute atomic E-state index is 0.0341. The lowest BCUT2D eigenvalue weighted by Crippen LogP contribution is -2.37. The SMILES string of the molecule is CCc1ccc(CN(C)CC(=O)NCCNc2ccc([N+](=O)[O-])cc2)cc1. The van der Waals surface area contributed by atoms with Crippen LogP contribution in [0.25, 0.3) is 0 Å². The van der Waals surface area contributed by atoms with Gasteiger partial charge < -0.3 is 10.6 Å². The van der Waals surface area contributed by atoms with Gasteiger partial charge in [-0.25, -0.2) is 0 Å². The highest BCUT2D eigenvalue weighted by molar-refractivity contribution is 5.78. The van der Waals surface area contributed by atoms with Crippen LogP contribution in [0.4, 0.5) is 11.4 Å². The molecule has 0 aromatic heterocycles. The summed E-state index contributed by atoms with van der Waals surface area (Å²) in [5, 5.41) is 16.6. The molecule has 0 saturated heterocycles. The van der Waals surface area contributed by atoms with Crippen molar-refractivity contribution >= 4 is 17.3 Å². The first-order chi connectivity index (χ1) is 13.0. The maximum atomic E-state index is 12.0. The number of nitrogens with zero attached hydrogens (tertiary/aromatic N) is 2. The minimum atomic E-state index is -0.432. The lowest BCUT2D eigenvalue weighted by molar-refractivity contribution is -0.384. The van der Waals surface area contributed by atoms with Gasteiger partial charge in [0.05, 0.1) is 11.5 Å². The Labute approximate surface area is 159 Å². The molecule has 0 heterocycles. The summed E-state index contributed by atoms with van der Waals surface area (Å²) in [5.74, 6) is -0.0341. The van der Waals surface area contributed by atoms with Crippen molar-refractivity contribution in [2.24, 2.45) is 0 Å². The first kappa shape index (κ1) is 20.4. The van der Waals surface area contributed by atoms with E-state index in [1.165, 1.54) is 23.3 Å². The molecule has 7 nitrogen and oxygen atoms in total. The number of rotatable bonds is 10. The van der Waals surface area contributed by atoms with Crippen LogP contribution < -0.4 is 10.6 Å². The normalized spacial score (nSPS) is 10.6. The van der Waals surface area contributed by atoms with Crippen molar-refractivity contribution in [3.05, 3.63) is 69.8 Å². The number of aryl methyl sites for hydroxylation is 1. The zero-order chi connectivity index (χ0) is 19.6. The fourth-order valence-electron chi connectivity index (χ4n) is 2.66. The average Bonchev–Trinajstić information content (AvgIpc) is 2.66. The number of carbonyl (C=O) groups is 1. The van der Waals surface area contributed by atoms with E-state index in [2.05, 4.69) is 41.8 Å². The topological polar surface area (TPSA) is 87.5 Å². The van der Waals surface area contributed by atoms with Crippen molar-refractivity contribution in [3.63, 3.8) is 0 Å². The van der Waals surface area contributed by atoms with Gasteiger partial charge in [0.25, 0.3) is 5.69 Å². The van der Waals surface area contributed by atoms with Gasteiger partial charge in [-0.3, -0.25) is 19.8 Å². The minimum Gasteiger partial charge on any atom is -0.383 e. The summed E-state index contributed by atoms with van der Waals surface area (Å²) in [5.41, 5.74) is 3.32. The van der Waals surface area contributed by atoms with Crippen LogP contribution in [0.5, 0.6) is 0 Å². The van der Waals surface area contributed by atoms with Gasteiger partial charge in [0.15, 0.2) is 0 Å². The van der Waals surface area contributed by atoms with Gasteiger partial charge in [0.2, 0.25) is 5.91 Å². The molecule has 0 radical (unpaired) electrons. The fourth-order valence-corrected chi connectivity index (χ4v) is 2.66. The summed E-state index contributed by atoms with van der Waals surface area (Å²) in [4.78, 5) is 24.2. The first-order valence-electron chi connectivity index (χ1n) is 8.99. The number of carbonyl (C=O) groups excluding carboxylic acids is 1. The second-order valence-electron chi connectivity index (χ2n) is 6.42. The molecule has 0 bridgehead atoms. The summed E-state index contributed by atoms with van der Waals surface area (Å²) in [7, 11) is 1.92. The zero-order valence-corrected chi connectivity index (χ0v) is 15.8. The molecular weight excluding hydrogens is 344 g/mol. The van der Waals surface area contributed by atoms with Gasteiger partial charge in [-0.05, 0) is 36.7 Å². The first-order valence-corrected chi connectivity index (χ1v) is 8.99. The highest BCUT2D eigenvalue weighted by atomic mass is 16.6. The van der Waals surface area contributed by atoms with E-state index in [0.717, 1.165) is 18.7 Å². The van der Waals surface area contributed by atoms with Crippen LogP contribution in [0.15, 0.2) is 48.5 Å². The van der Waals surface area contributed by atoms with E-state index in [1.54, 1.807) is 12.1 Å². The number of benzene rings is 2. The van der Waals surface area contributed by atoms with Gasteiger partial charge in [0.1, 0.15) is 0 Å². The van der Waals surface area contributed by atoms with Crippen LogP contribution >= 0.6 is 0 Å². The Morgan fingerprint density at radius 2 is 1.67 bits per heavy atom. The Morgan fingerprint density at radius 3 is 2.26 bits per heavy atom. The molecule has 1 amide bonds. The van der Waals surface area contributed by atoms with Crippen LogP contribution in [0.3, 0.4) is 0 Å². The van der Waals surface area contributed by atoms with Crippen LogP contribution in [-0.4, -0.2) is 42.4 Å². The van der Waals surface area contributed by atoms with E-state index in [0.29, 0.717) is 19.6 Å².